The molecule has 1 aliphatic heterocycles. The number of H-pyrrole nitrogens is 1. The Morgan fingerprint density at radius 3 is 2.35 bits per heavy atom. The average molecular weight is 429 g/mol. The lowest BCUT2D eigenvalue weighted by Crippen LogP contribution is -2.28. The number of benzene rings is 2. The number of halogens is 3. The molecule has 0 saturated carbocycles. The number of aromatic nitrogens is 3. The zero-order valence-electron chi connectivity index (χ0n) is 16.2. The fourth-order valence-electron chi connectivity index (χ4n) is 3.34. The van der Waals surface area contributed by atoms with Crippen LogP contribution in [0, 0.1) is 17.5 Å². The van der Waals surface area contributed by atoms with Gasteiger partial charge in [-0.15, -0.1) is 5.10 Å². The van der Waals surface area contributed by atoms with Crippen LogP contribution in [0.5, 0.6) is 0 Å². The van der Waals surface area contributed by atoms with Crippen molar-refractivity contribution >= 4 is 22.8 Å². The summed E-state index contributed by atoms with van der Waals surface area (Å²) >= 11 is 0. The number of hydrogen-bond donors (Lipinski definition) is 3. The lowest BCUT2D eigenvalue weighted by atomic mass is 10.0. The summed E-state index contributed by atoms with van der Waals surface area (Å²) in [5.74, 6) is -1.73. The molecule has 1 aliphatic rings. The molecule has 3 heterocycles. The zero-order valence-corrected chi connectivity index (χ0v) is 16.2. The second kappa shape index (κ2) is 8.50. The van der Waals surface area contributed by atoms with E-state index in [9.17, 15) is 18.0 Å². The fourth-order valence-corrected chi connectivity index (χ4v) is 3.34. The van der Waals surface area contributed by atoms with Gasteiger partial charge in [0.25, 0.3) is 5.89 Å². The number of carbonyl (C=O) groups is 1. The Bertz CT molecular complexity index is 1230. The summed E-state index contributed by atoms with van der Waals surface area (Å²) in [5.41, 5.74) is 6.74. The van der Waals surface area contributed by atoms with E-state index in [1.807, 2.05) is 0 Å². The number of anilines is 1. The van der Waals surface area contributed by atoms with Crippen LogP contribution in [0.2, 0.25) is 0 Å². The summed E-state index contributed by atoms with van der Waals surface area (Å²) in [6.07, 6.45) is 2.97. The number of rotatable bonds is 2. The van der Waals surface area contributed by atoms with Gasteiger partial charge in [-0.1, -0.05) is 5.10 Å². The second-order valence-electron chi connectivity index (χ2n) is 6.94. The molecule has 7 nitrogen and oxygen atoms in total. The predicted octanol–water partition coefficient (Wildman–Crippen LogP) is 4.17. The smallest absolute Gasteiger partial charge is 0.313 e. The van der Waals surface area contributed by atoms with Crippen LogP contribution in [-0.2, 0) is 4.79 Å². The van der Waals surface area contributed by atoms with Gasteiger partial charge in [-0.2, -0.15) is 0 Å². The SMILES string of the molecule is Nc1nnc(-c2c(-c3ccc(F)cc3)[nH]c3c(F)cc(F)cc23)o1.O=C1CCCCN1. The predicted molar refractivity (Wildman–Crippen MR) is 108 cm³/mol. The molecule has 0 radical (unpaired) electrons. The van der Waals surface area contributed by atoms with Crippen LogP contribution in [0.3, 0.4) is 0 Å². The van der Waals surface area contributed by atoms with Gasteiger partial charge < -0.3 is 20.5 Å². The van der Waals surface area contributed by atoms with Crippen molar-refractivity contribution in [3.05, 3.63) is 53.8 Å². The first kappa shape index (κ1) is 20.5. The summed E-state index contributed by atoms with van der Waals surface area (Å²) in [4.78, 5) is 13.2. The van der Waals surface area contributed by atoms with Gasteiger partial charge in [-0.05, 0) is 48.7 Å². The number of fused-ring (bicyclic) bond motifs is 1. The second-order valence-corrected chi connectivity index (χ2v) is 6.94. The van der Waals surface area contributed by atoms with Gasteiger partial charge in [0.15, 0.2) is 0 Å². The Labute approximate surface area is 174 Å². The Balaban J connectivity index is 0.000000282. The van der Waals surface area contributed by atoms with Crippen LogP contribution in [0.25, 0.3) is 33.6 Å². The third kappa shape index (κ3) is 4.37. The van der Waals surface area contributed by atoms with Crippen LogP contribution >= 0.6 is 0 Å². The molecular weight excluding hydrogens is 411 g/mol. The van der Waals surface area contributed by atoms with E-state index < -0.39 is 17.5 Å². The topological polar surface area (TPSA) is 110 Å². The molecule has 0 atom stereocenters. The summed E-state index contributed by atoms with van der Waals surface area (Å²) in [6.45, 7) is 0.888. The Hall–Kier alpha value is -3.82. The molecule has 1 saturated heterocycles. The highest BCUT2D eigenvalue weighted by Crippen LogP contribution is 2.39. The molecular formula is C21H18F3N5O2. The van der Waals surface area contributed by atoms with Gasteiger partial charge in [0.2, 0.25) is 5.91 Å². The first-order valence-corrected chi connectivity index (χ1v) is 9.55. The third-order valence-electron chi connectivity index (χ3n) is 4.76. The zero-order chi connectivity index (χ0) is 22.0. The van der Waals surface area contributed by atoms with Crippen molar-refractivity contribution in [3.8, 4) is 22.7 Å². The number of nitrogens with zero attached hydrogens (tertiary/aromatic N) is 2. The molecule has 4 N–H and O–H groups in total. The van der Waals surface area contributed by atoms with Gasteiger partial charge in [0, 0.05) is 24.4 Å². The molecule has 0 unspecified atom stereocenters. The number of hydrogen-bond acceptors (Lipinski definition) is 5. The number of carbonyl (C=O) groups excluding carboxylic acids is 1. The van der Waals surface area contributed by atoms with Crippen LogP contribution in [-0.4, -0.2) is 27.6 Å². The van der Waals surface area contributed by atoms with Gasteiger partial charge >= 0.3 is 6.01 Å². The molecule has 1 fully saturated rings. The normalized spacial score (nSPS) is 13.6. The van der Waals surface area contributed by atoms with Crippen molar-refractivity contribution in [1.29, 1.82) is 0 Å². The maximum Gasteiger partial charge on any atom is 0.313 e. The van der Waals surface area contributed by atoms with Crippen molar-refractivity contribution in [3.63, 3.8) is 0 Å². The summed E-state index contributed by atoms with van der Waals surface area (Å²) < 4.78 is 46.2. The monoisotopic (exact) mass is 429 g/mol. The minimum absolute atomic E-state index is 0.00285. The van der Waals surface area contributed by atoms with E-state index in [1.165, 1.54) is 24.3 Å². The third-order valence-corrected chi connectivity index (χ3v) is 4.76. The van der Waals surface area contributed by atoms with Crippen molar-refractivity contribution in [1.82, 2.24) is 20.5 Å². The molecule has 0 aliphatic carbocycles. The van der Waals surface area contributed by atoms with Gasteiger partial charge in [-0.3, -0.25) is 4.79 Å². The summed E-state index contributed by atoms with van der Waals surface area (Å²) in [6, 6.07) is 7.24. The van der Waals surface area contributed by atoms with E-state index in [-0.39, 0.29) is 28.7 Å². The number of aromatic amines is 1. The number of piperidine rings is 1. The van der Waals surface area contributed by atoms with Crippen LogP contribution < -0.4 is 11.1 Å². The molecule has 10 heteroatoms. The van der Waals surface area contributed by atoms with E-state index >= 15 is 0 Å². The lowest BCUT2D eigenvalue weighted by Gasteiger charge is -2.08. The van der Waals surface area contributed by atoms with Crippen molar-refractivity contribution < 1.29 is 22.4 Å². The number of nitrogens with two attached hydrogens (primary N) is 1. The molecule has 31 heavy (non-hydrogen) atoms. The molecule has 1 amide bonds. The van der Waals surface area contributed by atoms with Crippen LogP contribution in [0.4, 0.5) is 19.2 Å². The van der Waals surface area contributed by atoms with Crippen molar-refractivity contribution in [2.45, 2.75) is 19.3 Å². The molecule has 0 bridgehead atoms. The minimum Gasteiger partial charge on any atom is -0.403 e. The van der Waals surface area contributed by atoms with Crippen LogP contribution in [0.1, 0.15) is 19.3 Å². The Morgan fingerprint density at radius 2 is 1.77 bits per heavy atom. The van der Waals surface area contributed by atoms with Crippen molar-refractivity contribution in [2.75, 3.05) is 12.3 Å². The highest BCUT2D eigenvalue weighted by molar-refractivity contribution is 6.02. The standard InChI is InChI=1S/C16H9F3N4O.C5H9NO/c17-8-3-1-7(2-4-8)13-12(15-22-23-16(20)24-15)10-5-9(18)6-11(19)14(10)21-13;7-5-3-1-2-4-6-5/h1-6,21H,(H2,20,23);1-4H2,(H,6,7). The number of nitrogens with one attached hydrogen (secondary N) is 2. The Kier molecular flexibility index (Phi) is 5.61. The first-order chi connectivity index (χ1) is 14.9. The van der Waals surface area contributed by atoms with E-state index in [4.69, 9.17) is 10.2 Å². The highest BCUT2D eigenvalue weighted by Gasteiger charge is 2.22. The largest absolute Gasteiger partial charge is 0.403 e. The quantitative estimate of drug-likeness (QED) is 0.443. The van der Waals surface area contributed by atoms with Crippen LogP contribution in [0.15, 0.2) is 40.8 Å². The van der Waals surface area contributed by atoms with Gasteiger partial charge in [-0.25, -0.2) is 13.2 Å². The first-order valence-electron chi connectivity index (χ1n) is 9.55. The van der Waals surface area contributed by atoms with E-state index in [2.05, 4.69) is 20.5 Å². The summed E-state index contributed by atoms with van der Waals surface area (Å²) in [7, 11) is 0. The highest BCUT2D eigenvalue weighted by atomic mass is 19.1. The van der Waals surface area contributed by atoms with Gasteiger partial charge in [0.1, 0.15) is 17.5 Å². The number of amides is 1. The van der Waals surface area contributed by atoms with E-state index in [0.717, 1.165) is 37.9 Å². The number of nitrogen functional groups attached to an aromatic ring is 1. The average Bonchev–Trinajstić information content (AvgIpc) is 3.33. The Morgan fingerprint density at radius 1 is 1.00 bits per heavy atom. The molecule has 4 aromatic rings. The fraction of sp³-hybridized carbons (Fsp3) is 0.190. The van der Waals surface area contributed by atoms with Gasteiger partial charge in [0.05, 0.1) is 16.8 Å². The maximum absolute atomic E-state index is 14.1. The molecule has 2 aromatic carbocycles. The van der Waals surface area contributed by atoms with E-state index in [0.29, 0.717) is 16.8 Å². The van der Waals surface area contributed by atoms with Crippen molar-refractivity contribution in [2.24, 2.45) is 0 Å². The molecule has 0 spiro atoms. The molecule has 5 rings (SSSR count). The maximum atomic E-state index is 14.1. The minimum atomic E-state index is -0.771. The van der Waals surface area contributed by atoms with E-state index in [1.54, 1.807) is 0 Å². The molecule has 2 aromatic heterocycles. The molecule has 160 valence electrons. The summed E-state index contributed by atoms with van der Waals surface area (Å²) in [5, 5.41) is 10.3. The lowest BCUT2D eigenvalue weighted by molar-refractivity contribution is -0.122.